The third-order valence-corrected chi connectivity index (χ3v) is 5.74. The number of benzene rings is 2. The lowest BCUT2D eigenvalue weighted by molar-refractivity contribution is -0.137. The van der Waals surface area contributed by atoms with E-state index in [1.165, 1.54) is 12.1 Å². The molecule has 1 aliphatic rings. The Morgan fingerprint density at radius 2 is 1.81 bits per heavy atom. The molecule has 2 aromatic carbocycles. The molecule has 1 saturated heterocycles. The van der Waals surface area contributed by atoms with Crippen LogP contribution in [0, 0.1) is 5.41 Å². The van der Waals surface area contributed by atoms with Crippen LogP contribution in [0.25, 0.3) is 10.9 Å². The molecule has 4 rings (SSSR count). The van der Waals surface area contributed by atoms with Gasteiger partial charge in [0.15, 0.2) is 0 Å². The molecule has 0 bridgehead atoms. The van der Waals surface area contributed by atoms with E-state index in [1.54, 1.807) is 28.8 Å². The van der Waals surface area contributed by atoms with Crippen molar-refractivity contribution in [2.24, 2.45) is 5.73 Å². The molecule has 32 heavy (non-hydrogen) atoms. The largest absolute Gasteiger partial charge is 0.416 e. The van der Waals surface area contributed by atoms with Gasteiger partial charge in [0.25, 0.3) is 5.91 Å². The fourth-order valence-corrected chi connectivity index (χ4v) is 3.99. The summed E-state index contributed by atoms with van der Waals surface area (Å²) in [4.78, 5) is 13.1. The van der Waals surface area contributed by atoms with Crippen LogP contribution in [0.15, 0.2) is 48.5 Å². The molecule has 2 heterocycles. The van der Waals surface area contributed by atoms with Crippen molar-refractivity contribution in [1.29, 1.82) is 5.41 Å². The Morgan fingerprint density at radius 3 is 2.44 bits per heavy atom. The van der Waals surface area contributed by atoms with Gasteiger partial charge in [-0.3, -0.25) is 10.2 Å². The van der Waals surface area contributed by atoms with Crippen molar-refractivity contribution in [3.63, 3.8) is 0 Å². The predicted molar refractivity (Wildman–Crippen MR) is 117 cm³/mol. The third kappa shape index (κ3) is 4.62. The molecular formula is C23H24F3N5O. The van der Waals surface area contributed by atoms with Crippen LogP contribution in [0.3, 0.4) is 0 Å². The molecule has 3 aromatic rings. The summed E-state index contributed by atoms with van der Waals surface area (Å²) in [6.45, 7) is 1.88. The summed E-state index contributed by atoms with van der Waals surface area (Å²) in [5.41, 5.74) is 7.15. The molecule has 0 radical (unpaired) electrons. The number of carbonyl (C=O) groups is 1. The van der Waals surface area contributed by atoms with Crippen LogP contribution in [0.4, 0.5) is 13.2 Å². The number of aromatic nitrogens is 1. The van der Waals surface area contributed by atoms with Crippen LogP contribution in [-0.4, -0.2) is 35.4 Å². The van der Waals surface area contributed by atoms with Crippen molar-refractivity contribution in [2.75, 3.05) is 13.1 Å². The minimum Gasteiger partial charge on any atom is -0.384 e. The quantitative estimate of drug-likeness (QED) is 0.359. The molecule has 0 spiro atoms. The van der Waals surface area contributed by atoms with Gasteiger partial charge in [-0.2, -0.15) is 13.2 Å². The standard InChI is InChI=1S/C23H24F3N5O/c24-23(25,26)17-5-1-14(2-6-17)13-31-19-12-16(21(27)28)4-3-15(19)11-20(31)22(32)30-18-7-9-29-10-8-18/h1-6,11-12,18,29H,7-10,13H2,(H3,27,28)(H,30,32). The molecule has 0 unspecified atom stereocenters. The first-order valence-electron chi connectivity index (χ1n) is 10.4. The highest BCUT2D eigenvalue weighted by Crippen LogP contribution is 2.30. The lowest BCUT2D eigenvalue weighted by Gasteiger charge is -2.24. The molecular weight excluding hydrogens is 419 g/mol. The van der Waals surface area contributed by atoms with E-state index in [2.05, 4.69) is 10.6 Å². The number of alkyl halides is 3. The van der Waals surface area contributed by atoms with Crippen LogP contribution < -0.4 is 16.4 Å². The minimum atomic E-state index is -4.41. The second-order valence-electron chi connectivity index (χ2n) is 8.00. The zero-order valence-corrected chi connectivity index (χ0v) is 17.3. The number of nitrogens with zero attached hydrogens (tertiary/aromatic N) is 1. The average molecular weight is 443 g/mol. The van der Waals surface area contributed by atoms with E-state index in [4.69, 9.17) is 11.1 Å². The molecule has 1 aliphatic heterocycles. The lowest BCUT2D eigenvalue weighted by Crippen LogP contribution is -2.43. The number of rotatable bonds is 5. The maximum atomic E-state index is 13.1. The van der Waals surface area contributed by atoms with Gasteiger partial charge in [-0.1, -0.05) is 24.3 Å². The van der Waals surface area contributed by atoms with E-state index in [9.17, 15) is 18.0 Å². The number of hydrogen-bond donors (Lipinski definition) is 4. The van der Waals surface area contributed by atoms with Gasteiger partial charge in [-0.15, -0.1) is 0 Å². The predicted octanol–water partition coefficient (Wildman–Crippen LogP) is 3.47. The van der Waals surface area contributed by atoms with Crippen molar-refractivity contribution >= 4 is 22.6 Å². The Labute approximate surface area is 183 Å². The Morgan fingerprint density at radius 1 is 1.12 bits per heavy atom. The number of piperidine rings is 1. The smallest absolute Gasteiger partial charge is 0.384 e. The van der Waals surface area contributed by atoms with Gasteiger partial charge >= 0.3 is 6.18 Å². The zero-order chi connectivity index (χ0) is 22.9. The highest BCUT2D eigenvalue weighted by molar-refractivity contribution is 6.02. The van der Waals surface area contributed by atoms with Gasteiger partial charge in [-0.05, 0) is 55.8 Å². The topological polar surface area (TPSA) is 95.9 Å². The average Bonchev–Trinajstić information content (AvgIpc) is 3.12. The maximum absolute atomic E-state index is 13.1. The second kappa shape index (κ2) is 8.66. The number of nitrogens with one attached hydrogen (secondary N) is 3. The highest BCUT2D eigenvalue weighted by Gasteiger charge is 2.30. The SMILES string of the molecule is N=C(N)c1ccc2cc(C(=O)NC3CCNCC3)n(Cc3ccc(C(F)(F)F)cc3)c2c1. The van der Waals surface area contributed by atoms with Gasteiger partial charge in [0.05, 0.1) is 5.56 Å². The number of carbonyl (C=O) groups excluding carboxylic acids is 1. The van der Waals surface area contributed by atoms with Crippen molar-refractivity contribution < 1.29 is 18.0 Å². The first-order chi connectivity index (χ1) is 15.2. The van der Waals surface area contributed by atoms with Crippen LogP contribution in [-0.2, 0) is 12.7 Å². The van der Waals surface area contributed by atoms with Crippen LogP contribution in [0.2, 0.25) is 0 Å². The van der Waals surface area contributed by atoms with Crippen molar-refractivity contribution in [3.05, 3.63) is 70.9 Å². The number of fused-ring (bicyclic) bond motifs is 1. The number of nitrogen functional groups attached to an aromatic ring is 1. The molecule has 168 valence electrons. The molecule has 0 saturated carbocycles. The Balaban J connectivity index is 1.71. The van der Waals surface area contributed by atoms with Crippen molar-refractivity contribution in [2.45, 2.75) is 31.6 Å². The summed E-state index contributed by atoms with van der Waals surface area (Å²) in [5, 5.41) is 14.8. The molecule has 0 aliphatic carbocycles. The minimum absolute atomic E-state index is 0.0639. The van der Waals surface area contributed by atoms with Crippen LogP contribution in [0.5, 0.6) is 0 Å². The maximum Gasteiger partial charge on any atom is 0.416 e. The van der Waals surface area contributed by atoms with Gasteiger partial charge < -0.3 is 20.9 Å². The second-order valence-corrected chi connectivity index (χ2v) is 8.00. The molecule has 1 amide bonds. The van der Waals surface area contributed by atoms with Crippen molar-refractivity contribution in [1.82, 2.24) is 15.2 Å². The Bertz CT molecular complexity index is 1140. The normalized spacial score (nSPS) is 15.1. The molecule has 1 fully saturated rings. The molecule has 5 N–H and O–H groups in total. The zero-order valence-electron chi connectivity index (χ0n) is 17.3. The van der Waals surface area contributed by atoms with Crippen LogP contribution in [0.1, 0.15) is 40.0 Å². The number of amidine groups is 1. The summed E-state index contributed by atoms with van der Waals surface area (Å²) in [5.74, 6) is -0.334. The van der Waals surface area contributed by atoms with E-state index >= 15 is 0 Å². The summed E-state index contributed by atoms with van der Waals surface area (Å²) in [6, 6.07) is 12.0. The first kappa shape index (κ1) is 21.9. The monoisotopic (exact) mass is 443 g/mol. The lowest BCUT2D eigenvalue weighted by atomic mass is 10.1. The fourth-order valence-electron chi connectivity index (χ4n) is 3.99. The molecule has 1 aromatic heterocycles. The van der Waals surface area contributed by atoms with Gasteiger partial charge in [-0.25, -0.2) is 0 Å². The highest BCUT2D eigenvalue weighted by atomic mass is 19.4. The number of halogens is 3. The van der Waals surface area contributed by atoms with Crippen LogP contribution >= 0.6 is 0 Å². The van der Waals surface area contributed by atoms with E-state index in [0.29, 0.717) is 22.3 Å². The van der Waals surface area contributed by atoms with Gasteiger partial charge in [0.1, 0.15) is 11.5 Å². The molecule has 0 atom stereocenters. The summed E-state index contributed by atoms with van der Waals surface area (Å²) in [7, 11) is 0. The number of amides is 1. The first-order valence-corrected chi connectivity index (χ1v) is 10.4. The van der Waals surface area contributed by atoms with E-state index in [-0.39, 0.29) is 24.3 Å². The Kier molecular flexibility index (Phi) is 5.92. The fraction of sp³-hybridized carbons (Fsp3) is 0.304. The summed E-state index contributed by atoms with van der Waals surface area (Å²) < 4.78 is 40.5. The number of nitrogens with two attached hydrogens (primary N) is 1. The molecule has 9 heteroatoms. The van der Waals surface area contributed by atoms with E-state index < -0.39 is 11.7 Å². The number of hydrogen-bond acceptors (Lipinski definition) is 3. The summed E-state index contributed by atoms with van der Waals surface area (Å²) in [6.07, 6.45) is -2.74. The van der Waals surface area contributed by atoms with Crippen molar-refractivity contribution in [3.8, 4) is 0 Å². The molecule has 6 nitrogen and oxygen atoms in total. The van der Waals surface area contributed by atoms with Gasteiger partial charge in [0, 0.05) is 29.1 Å². The van der Waals surface area contributed by atoms with Gasteiger partial charge in [0.2, 0.25) is 0 Å². The third-order valence-electron chi connectivity index (χ3n) is 5.74. The summed E-state index contributed by atoms with van der Waals surface area (Å²) >= 11 is 0. The van der Waals surface area contributed by atoms with E-state index in [1.807, 2.05) is 0 Å². The Hall–Kier alpha value is -3.33. The van der Waals surface area contributed by atoms with E-state index in [0.717, 1.165) is 43.5 Å².